The van der Waals surface area contributed by atoms with Crippen LogP contribution in [0.5, 0.6) is 0 Å². The van der Waals surface area contributed by atoms with Crippen LogP contribution < -0.4 is 5.32 Å². The van der Waals surface area contributed by atoms with Gasteiger partial charge in [0.2, 0.25) is 0 Å². The van der Waals surface area contributed by atoms with Gasteiger partial charge in [-0.15, -0.1) is 0 Å². The molecule has 1 aromatic carbocycles. The van der Waals surface area contributed by atoms with E-state index in [1.165, 1.54) is 6.07 Å². The molecule has 0 atom stereocenters. The first-order valence-electron chi connectivity index (χ1n) is 6.65. The Morgan fingerprint density at radius 2 is 1.00 bits per heavy atom. The number of hydrogen-bond acceptors (Lipinski definition) is 1. The molecule has 0 bridgehead atoms. The average molecular weight is 559 g/mol. The van der Waals surface area contributed by atoms with Crippen molar-refractivity contribution in [3.8, 4) is 0 Å². The lowest BCUT2D eigenvalue weighted by molar-refractivity contribution is -0.475. The summed E-state index contributed by atoms with van der Waals surface area (Å²) in [7, 11) is 0. The largest absolute Gasteiger partial charge is 0.384 e. The maximum Gasteiger partial charge on any atom is 0.384 e. The highest BCUT2D eigenvalue weighted by Gasteiger charge is 3.02. The molecular formula is C13H4Br2F11NO. The molecule has 0 aromatic heterocycles. The molecule has 0 saturated heterocycles. The van der Waals surface area contributed by atoms with Gasteiger partial charge < -0.3 is 5.32 Å². The summed E-state index contributed by atoms with van der Waals surface area (Å²) >= 11 is 5.36. The molecule has 2 nitrogen and oxygen atoms in total. The lowest BCUT2D eigenvalue weighted by Crippen LogP contribution is -2.86. The van der Waals surface area contributed by atoms with Gasteiger partial charge in [-0.25, -0.2) is 4.39 Å². The fourth-order valence-corrected chi connectivity index (χ4v) is 3.52. The molecule has 0 unspecified atom stereocenters. The van der Waals surface area contributed by atoms with E-state index in [9.17, 15) is 53.1 Å². The van der Waals surface area contributed by atoms with Crippen LogP contribution in [0.3, 0.4) is 0 Å². The summed E-state index contributed by atoms with van der Waals surface area (Å²) in [5.74, 6) is -39.9. The number of para-hydroxylation sites is 1. The smallest absolute Gasteiger partial charge is 0.321 e. The Morgan fingerprint density at radius 1 is 0.679 bits per heavy atom. The summed E-state index contributed by atoms with van der Waals surface area (Å²) in [5, 5.41) is 1.02. The summed E-state index contributed by atoms with van der Waals surface area (Å²) in [5.41, 5.74) is -7.54. The third-order valence-corrected chi connectivity index (χ3v) is 5.28. The zero-order valence-corrected chi connectivity index (χ0v) is 15.7. The monoisotopic (exact) mass is 557 g/mol. The standard InChI is InChI=1S/C13H4Br2F11NO/c14-4-2-1-3-5(15)6(4)27-7(28)8(16)9(17,18)11(21,22)13(25,26)12(23,24)10(8,19)20/h1-3H,(H,27,28). The zero-order valence-electron chi connectivity index (χ0n) is 12.6. The van der Waals surface area contributed by atoms with Crippen molar-refractivity contribution < 1.29 is 53.1 Å². The van der Waals surface area contributed by atoms with Crippen LogP contribution in [0.2, 0.25) is 0 Å². The molecule has 2 rings (SSSR count). The highest BCUT2D eigenvalue weighted by atomic mass is 79.9. The Balaban J connectivity index is 2.73. The minimum Gasteiger partial charge on any atom is -0.321 e. The van der Waals surface area contributed by atoms with Crippen molar-refractivity contribution in [1.82, 2.24) is 0 Å². The van der Waals surface area contributed by atoms with E-state index >= 15 is 0 Å². The fourth-order valence-electron chi connectivity index (χ4n) is 2.32. The molecule has 1 aromatic rings. The third kappa shape index (κ3) is 2.40. The Hall–Kier alpha value is -1.12. The molecule has 1 amide bonds. The number of benzene rings is 1. The number of halogens is 13. The molecule has 158 valence electrons. The topological polar surface area (TPSA) is 29.1 Å². The van der Waals surface area contributed by atoms with E-state index in [1.54, 1.807) is 0 Å². The van der Waals surface area contributed by atoms with E-state index in [-0.39, 0.29) is 8.95 Å². The SMILES string of the molecule is O=C(Nc1c(Br)cccc1Br)C1(F)C(F)(F)C(F)(F)C(F)(F)C(F)(F)C1(F)F. The second-order valence-electron chi connectivity index (χ2n) is 5.58. The number of anilines is 1. The molecular weight excluding hydrogens is 555 g/mol. The summed E-state index contributed by atoms with van der Waals surface area (Å²) < 4.78 is 149. The molecule has 15 heteroatoms. The highest BCUT2D eigenvalue weighted by Crippen LogP contribution is 2.69. The second kappa shape index (κ2) is 6.19. The van der Waals surface area contributed by atoms with Gasteiger partial charge in [0, 0.05) is 8.95 Å². The quantitative estimate of drug-likeness (QED) is 0.440. The molecule has 1 N–H and O–H groups in total. The number of carbonyl (C=O) groups is 1. The first-order chi connectivity index (χ1) is 12.3. The Labute approximate surface area is 164 Å². The van der Waals surface area contributed by atoms with E-state index in [2.05, 4.69) is 31.9 Å². The van der Waals surface area contributed by atoms with E-state index in [1.807, 2.05) is 0 Å². The van der Waals surface area contributed by atoms with Crippen LogP contribution in [-0.2, 0) is 4.79 Å². The zero-order chi connectivity index (χ0) is 22.1. The van der Waals surface area contributed by atoms with Crippen molar-refractivity contribution in [2.45, 2.75) is 35.3 Å². The second-order valence-corrected chi connectivity index (χ2v) is 7.29. The molecule has 1 fully saturated rings. The summed E-state index contributed by atoms with van der Waals surface area (Å²) in [6.45, 7) is 0. The number of amides is 1. The number of carbonyl (C=O) groups excluding carboxylic acids is 1. The predicted molar refractivity (Wildman–Crippen MR) is 79.0 cm³/mol. The number of nitrogens with one attached hydrogen (secondary N) is 1. The molecule has 1 saturated carbocycles. The molecule has 28 heavy (non-hydrogen) atoms. The van der Waals surface area contributed by atoms with E-state index < -0.39 is 46.9 Å². The first kappa shape index (κ1) is 23.2. The summed E-state index contributed by atoms with van der Waals surface area (Å²) in [4.78, 5) is 11.8. The van der Waals surface area contributed by atoms with Crippen LogP contribution in [0.25, 0.3) is 0 Å². The first-order valence-corrected chi connectivity index (χ1v) is 8.24. The lowest BCUT2D eigenvalue weighted by Gasteiger charge is -2.51. The van der Waals surface area contributed by atoms with Crippen LogP contribution in [0.15, 0.2) is 27.1 Å². The van der Waals surface area contributed by atoms with E-state index in [0.717, 1.165) is 17.4 Å². The van der Waals surface area contributed by atoms with Crippen molar-refractivity contribution >= 4 is 43.5 Å². The number of alkyl halides is 11. The Morgan fingerprint density at radius 3 is 1.36 bits per heavy atom. The van der Waals surface area contributed by atoms with Gasteiger partial charge in [-0.1, -0.05) is 6.07 Å². The van der Waals surface area contributed by atoms with Crippen LogP contribution in [0.1, 0.15) is 0 Å². The average Bonchev–Trinajstić information content (AvgIpc) is 2.55. The van der Waals surface area contributed by atoms with Gasteiger partial charge in [0.25, 0.3) is 5.91 Å². The van der Waals surface area contributed by atoms with E-state index in [4.69, 9.17) is 0 Å². The van der Waals surface area contributed by atoms with Crippen LogP contribution >= 0.6 is 31.9 Å². The summed E-state index contributed by atoms with van der Waals surface area (Å²) in [6.07, 6.45) is 0. The van der Waals surface area contributed by atoms with Crippen molar-refractivity contribution in [3.63, 3.8) is 0 Å². The van der Waals surface area contributed by atoms with Gasteiger partial charge in [0.1, 0.15) is 0 Å². The molecule has 0 radical (unpaired) electrons. The van der Waals surface area contributed by atoms with Crippen LogP contribution in [0.4, 0.5) is 54.0 Å². The minimum atomic E-state index is -7.38. The molecule has 0 spiro atoms. The maximum absolute atomic E-state index is 14.6. The molecule has 1 aliphatic rings. The van der Waals surface area contributed by atoms with Gasteiger partial charge in [-0.05, 0) is 44.0 Å². The van der Waals surface area contributed by atoms with Gasteiger partial charge in [-0.2, -0.15) is 43.9 Å². The van der Waals surface area contributed by atoms with Crippen molar-refractivity contribution in [2.24, 2.45) is 0 Å². The normalized spacial score (nSPS) is 25.8. The van der Waals surface area contributed by atoms with E-state index in [0.29, 0.717) is 0 Å². The minimum absolute atomic E-state index is 0.301. The van der Waals surface area contributed by atoms with Gasteiger partial charge in [-0.3, -0.25) is 4.79 Å². The molecule has 1 aliphatic carbocycles. The number of rotatable bonds is 2. The van der Waals surface area contributed by atoms with Crippen molar-refractivity contribution in [1.29, 1.82) is 0 Å². The van der Waals surface area contributed by atoms with Gasteiger partial charge in [0.05, 0.1) is 5.69 Å². The number of hydrogen-bond donors (Lipinski definition) is 1. The van der Waals surface area contributed by atoms with Crippen LogP contribution in [0, 0.1) is 0 Å². The lowest BCUT2D eigenvalue weighted by atomic mass is 9.71. The summed E-state index contributed by atoms with van der Waals surface area (Å²) in [6, 6.07) is 3.31. The predicted octanol–water partition coefficient (Wildman–Crippen LogP) is 6.05. The third-order valence-electron chi connectivity index (χ3n) is 3.96. The highest BCUT2D eigenvalue weighted by molar-refractivity contribution is 9.11. The van der Waals surface area contributed by atoms with Crippen LogP contribution in [-0.4, -0.2) is 41.2 Å². The maximum atomic E-state index is 14.6. The van der Waals surface area contributed by atoms with Gasteiger partial charge in [0.15, 0.2) is 0 Å². The van der Waals surface area contributed by atoms with Crippen molar-refractivity contribution in [2.75, 3.05) is 5.32 Å². The van der Waals surface area contributed by atoms with Gasteiger partial charge >= 0.3 is 35.3 Å². The Bertz CT molecular complexity index is 776. The van der Waals surface area contributed by atoms with Crippen molar-refractivity contribution in [3.05, 3.63) is 27.1 Å². The Kier molecular flexibility index (Phi) is 5.12. The molecule has 0 aliphatic heterocycles. The fraction of sp³-hybridized carbons (Fsp3) is 0.462. The molecule has 0 heterocycles.